The van der Waals surface area contributed by atoms with E-state index in [0.717, 1.165) is 28.7 Å². The van der Waals surface area contributed by atoms with Crippen molar-refractivity contribution in [3.05, 3.63) is 54.3 Å². The van der Waals surface area contributed by atoms with Crippen LogP contribution in [0, 0.1) is 5.82 Å². The lowest BCUT2D eigenvalue weighted by molar-refractivity contribution is 0.115. The van der Waals surface area contributed by atoms with Crippen molar-refractivity contribution in [2.24, 2.45) is 0 Å². The number of para-hydroxylation sites is 1. The second-order valence-electron chi connectivity index (χ2n) is 6.19. The van der Waals surface area contributed by atoms with Crippen LogP contribution in [0.1, 0.15) is 12.8 Å². The molecule has 4 rings (SSSR count). The van der Waals surface area contributed by atoms with E-state index in [1.807, 2.05) is 30.3 Å². The molecule has 0 atom stereocenters. The van der Waals surface area contributed by atoms with Crippen LogP contribution in [0.5, 0.6) is 5.19 Å². The van der Waals surface area contributed by atoms with E-state index in [1.165, 1.54) is 23.5 Å². The Balaban J connectivity index is 1.32. The molecule has 0 spiro atoms. The van der Waals surface area contributed by atoms with Crippen molar-refractivity contribution in [3.63, 3.8) is 0 Å². The molecule has 1 aromatic heterocycles. The molecule has 1 aliphatic rings. The predicted octanol–water partition coefficient (Wildman–Crippen LogP) is 4.51. The van der Waals surface area contributed by atoms with Crippen LogP contribution in [0.25, 0.3) is 10.2 Å². The molecule has 0 radical (unpaired) electrons. The van der Waals surface area contributed by atoms with Gasteiger partial charge in [0.05, 0.1) is 10.2 Å². The molecule has 5 nitrogen and oxygen atoms in total. The summed E-state index contributed by atoms with van der Waals surface area (Å²) < 4.78 is 20.0. The first-order chi connectivity index (χ1) is 12.7. The van der Waals surface area contributed by atoms with Gasteiger partial charge in [0.2, 0.25) is 0 Å². The molecule has 0 aliphatic carbocycles. The number of halogens is 1. The molecule has 1 fully saturated rings. The van der Waals surface area contributed by atoms with Crippen LogP contribution < -0.4 is 10.1 Å². The van der Waals surface area contributed by atoms with Crippen molar-refractivity contribution < 1.29 is 13.9 Å². The highest BCUT2D eigenvalue weighted by molar-refractivity contribution is 7.20. The van der Waals surface area contributed by atoms with Crippen molar-refractivity contribution in [2.75, 3.05) is 18.4 Å². The predicted molar refractivity (Wildman–Crippen MR) is 100 cm³/mol. The molecule has 0 unspecified atom stereocenters. The van der Waals surface area contributed by atoms with E-state index in [-0.39, 0.29) is 18.0 Å². The molecule has 1 aliphatic heterocycles. The number of hydrogen-bond donors (Lipinski definition) is 1. The van der Waals surface area contributed by atoms with E-state index in [4.69, 9.17) is 4.74 Å². The maximum absolute atomic E-state index is 13.3. The van der Waals surface area contributed by atoms with E-state index in [9.17, 15) is 9.18 Å². The zero-order valence-electron chi connectivity index (χ0n) is 14.0. The highest BCUT2D eigenvalue weighted by Crippen LogP contribution is 2.30. The number of anilines is 1. The molecule has 7 heteroatoms. The van der Waals surface area contributed by atoms with Crippen LogP contribution in [-0.4, -0.2) is 35.1 Å². The molecule has 2 amide bonds. The molecule has 2 aromatic carbocycles. The molecule has 2 heterocycles. The van der Waals surface area contributed by atoms with E-state index >= 15 is 0 Å². The molecule has 1 saturated heterocycles. The Morgan fingerprint density at radius 1 is 1.19 bits per heavy atom. The summed E-state index contributed by atoms with van der Waals surface area (Å²) in [5.41, 5.74) is 1.53. The van der Waals surface area contributed by atoms with Crippen LogP contribution in [0.3, 0.4) is 0 Å². The largest absolute Gasteiger partial charge is 0.467 e. The number of likely N-dealkylation sites (tertiary alicyclic amines) is 1. The van der Waals surface area contributed by atoms with Crippen LogP contribution in [-0.2, 0) is 0 Å². The van der Waals surface area contributed by atoms with E-state index in [2.05, 4.69) is 10.3 Å². The molecule has 0 saturated carbocycles. The van der Waals surface area contributed by atoms with Gasteiger partial charge in [-0.2, -0.15) is 0 Å². The number of nitrogens with one attached hydrogen (secondary N) is 1. The second-order valence-corrected chi connectivity index (χ2v) is 7.19. The van der Waals surface area contributed by atoms with Gasteiger partial charge in [-0.3, -0.25) is 0 Å². The first-order valence-corrected chi connectivity index (χ1v) is 9.33. The Kier molecular flexibility index (Phi) is 4.71. The van der Waals surface area contributed by atoms with Gasteiger partial charge in [-0.1, -0.05) is 29.5 Å². The fraction of sp³-hybridized carbons (Fsp3) is 0.263. The number of amides is 2. The summed E-state index contributed by atoms with van der Waals surface area (Å²) in [4.78, 5) is 18.5. The van der Waals surface area contributed by atoms with Crippen LogP contribution in [0.15, 0.2) is 48.5 Å². The summed E-state index contributed by atoms with van der Waals surface area (Å²) in [6.45, 7) is 1.26. The third kappa shape index (κ3) is 3.77. The normalized spacial score (nSPS) is 15.2. The summed E-state index contributed by atoms with van der Waals surface area (Å²) >= 11 is 1.35. The maximum atomic E-state index is 13.3. The number of ether oxygens (including phenoxy) is 1. The number of fused-ring (bicyclic) bond motifs is 1. The van der Waals surface area contributed by atoms with E-state index < -0.39 is 0 Å². The molecular weight excluding hydrogens is 353 g/mol. The van der Waals surface area contributed by atoms with Crippen molar-refractivity contribution in [2.45, 2.75) is 18.9 Å². The second kappa shape index (κ2) is 7.29. The summed E-state index contributed by atoms with van der Waals surface area (Å²) in [6, 6.07) is 13.9. The summed E-state index contributed by atoms with van der Waals surface area (Å²) in [5, 5.41) is 3.45. The highest BCUT2D eigenvalue weighted by atomic mass is 32.1. The van der Waals surface area contributed by atoms with Crippen molar-refractivity contribution >= 4 is 33.3 Å². The molecule has 26 heavy (non-hydrogen) atoms. The van der Waals surface area contributed by atoms with Gasteiger partial charge in [-0.25, -0.2) is 14.2 Å². The SMILES string of the molecule is O=C(Nc1ccccc1)N1CCC(Oc2nc3ccc(F)cc3s2)CC1. The Morgan fingerprint density at radius 2 is 1.96 bits per heavy atom. The number of hydrogen-bond acceptors (Lipinski definition) is 4. The van der Waals surface area contributed by atoms with Crippen molar-refractivity contribution in [3.8, 4) is 5.19 Å². The quantitative estimate of drug-likeness (QED) is 0.737. The number of thiazole rings is 1. The number of rotatable bonds is 3. The van der Waals surface area contributed by atoms with Crippen LogP contribution >= 0.6 is 11.3 Å². The molecule has 0 bridgehead atoms. The summed E-state index contributed by atoms with van der Waals surface area (Å²) in [7, 11) is 0. The molecule has 3 aromatic rings. The number of aromatic nitrogens is 1. The smallest absolute Gasteiger partial charge is 0.321 e. The summed E-state index contributed by atoms with van der Waals surface area (Å²) in [6.07, 6.45) is 1.50. The number of benzene rings is 2. The Labute approximate surface area is 154 Å². The van der Waals surface area contributed by atoms with Gasteiger partial charge in [0, 0.05) is 31.6 Å². The standard InChI is InChI=1S/C19H18FN3O2S/c20-13-6-7-16-17(12-13)26-19(22-16)25-15-8-10-23(11-9-15)18(24)21-14-4-2-1-3-5-14/h1-7,12,15H,8-11H2,(H,21,24). The monoisotopic (exact) mass is 371 g/mol. The number of carbonyl (C=O) groups is 1. The number of urea groups is 1. The van der Waals surface area contributed by atoms with Gasteiger partial charge in [-0.05, 0) is 30.3 Å². The number of piperidine rings is 1. The third-order valence-electron chi connectivity index (χ3n) is 4.35. The first-order valence-electron chi connectivity index (χ1n) is 8.51. The first kappa shape index (κ1) is 16.8. The topological polar surface area (TPSA) is 54.5 Å². The molecular formula is C19H18FN3O2S. The van der Waals surface area contributed by atoms with Gasteiger partial charge in [0.25, 0.3) is 5.19 Å². The lowest BCUT2D eigenvalue weighted by atomic mass is 10.1. The lowest BCUT2D eigenvalue weighted by Crippen LogP contribution is -2.43. The minimum Gasteiger partial charge on any atom is -0.467 e. The average Bonchev–Trinajstić information content (AvgIpc) is 3.04. The fourth-order valence-electron chi connectivity index (χ4n) is 2.97. The summed E-state index contributed by atoms with van der Waals surface area (Å²) in [5.74, 6) is -0.273. The number of nitrogens with zero attached hydrogens (tertiary/aromatic N) is 2. The van der Waals surface area contributed by atoms with Gasteiger partial charge in [-0.15, -0.1) is 0 Å². The third-order valence-corrected chi connectivity index (χ3v) is 5.26. The highest BCUT2D eigenvalue weighted by Gasteiger charge is 2.24. The average molecular weight is 371 g/mol. The zero-order valence-corrected chi connectivity index (χ0v) is 14.8. The van der Waals surface area contributed by atoms with Gasteiger partial charge in [0.1, 0.15) is 11.9 Å². The lowest BCUT2D eigenvalue weighted by Gasteiger charge is -2.31. The van der Waals surface area contributed by atoms with Crippen LogP contribution in [0.4, 0.5) is 14.9 Å². The minimum atomic E-state index is -0.273. The van der Waals surface area contributed by atoms with Gasteiger partial charge < -0.3 is 15.0 Å². The van der Waals surface area contributed by atoms with E-state index in [0.29, 0.717) is 18.3 Å². The van der Waals surface area contributed by atoms with Gasteiger partial charge in [0.15, 0.2) is 0 Å². The van der Waals surface area contributed by atoms with E-state index in [1.54, 1.807) is 11.0 Å². The zero-order chi connectivity index (χ0) is 17.9. The molecule has 134 valence electrons. The Hall–Kier alpha value is -2.67. The van der Waals surface area contributed by atoms with Crippen molar-refractivity contribution in [1.29, 1.82) is 0 Å². The minimum absolute atomic E-state index is 0.0150. The maximum Gasteiger partial charge on any atom is 0.321 e. The van der Waals surface area contributed by atoms with Crippen molar-refractivity contribution in [1.82, 2.24) is 9.88 Å². The Bertz CT molecular complexity index is 908. The van der Waals surface area contributed by atoms with Gasteiger partial charge >= 0.3 is 6.03 Å². The Morgan fingerprint density at radius 3 is 2.73 bits per heavy atom. The fourth-order valence-corrected chi connectivity index (χ4v) is 3.88. The number of carbonyl (C=O) groups excluding carboxylic acids is 1. The van der Waals surface area contributed by atoms with Crippen LogP contribution in [0.2, 0.25) is 0 Å². The molecule has 1 N–H and O–H groups in total.